The molecule has 2 N–H and O–H groups in total. The van der Waals surface area contributed by atoms with Crippen molar-refractivity contribution in [2.75, 3.05) is 0 Å². The van der Waals surface area contributed by atoms with Gasteiger partial charge in [-0.25, -0.2) is 0 Å². The molecule has 0 spiro atoms. The van der Waals surface area contributed by atoms with Crippen LogP contribution in [-0.2, 0) is 9.59 Å². The van der Waals surface area contributed by atoms with Crippen LogP contribution in [0.1, 0.15) is 120 Å². The third kappa shape index (κ3) is 4.34. The first-order valence-corrected chi connectivity index (χ1v) is 14.1. The molecule has 3 rings (SSSR count). The van der Waals surface area contributed by atoms with Crippen molar-refractivity contribution in [1.29, 1.82) is 0 Å². The van der Waals surface area contributed by atoms with Crippen LogP contribution in [0.3, 0.4) is 0 Å². The van der Waals surface area contributed by atoms with Crippen LogP contribution in [0.2, 0.25) is 0 Å². The Kier molecular flexibility index (Phi) is 7.64. The average Bonchev–Trinajstić information content (AvgIpc) is 2.98. The lowest BCUT2D eigenvalue weighted by Crippen LogP contribution is -2.59. The molecule has 0 saturated heterocycles. The maximum Gasteiger partial charge on any atom is 0.309 e. The number of aliphatic carboxylic acids is 2. The fourth-order valence-corrected chi connectivity index (χ4v) is 9.78. The number of hydrogen-bond acceptors (Lipinski definition) is 2. The second-order valence-electron chi connectivity index (χ2n) is 14.3. The van der Waals surface area contributed by atoms with Gasteiger partial charge >= 0.3 is 11.9 Å². The zero-order valence-corrected chi connectivity index (χ0v) is 23.2. The van der Waals surface area contributed by atoms with Gasteiger partial charge in [0.1, 0.15) is 0 Å². The molecule has 0 unspecified atom stereocenters. The number of carbonyl (C=O) groups is 2. The van der Waals surface area contributed by atoms with Gasteiger partial charge in [-0.05, 0) is 104 Å². The summed E-state index contributed by atoms with van der Waals surface area (Å²) in [7, 11) is 0. The Hall–Kier alpha value is -1.06. The van der Waals surface area contributed by atoms with E-state index in [1.807, 2.05) is 13.8 Å². The lowest BCUT2D eigenvalue weighted by molar-refractivity contribution is -0.186. The van der Waals surface area contributed by atoms with E-state index >= 15 is 0 Å². The second kappa shape index (κ2) is 9.43. The molecule has 0 aromatic carbocycles. The van der Waals surface area contributed by atoms with Crippen molar-refractivity contribution in [2.45, 2.75) is 120 Å². The van der Waals surface area contributed by atoms with Gasteiger partial charge in [-0.1, -0.05) is 60.8 Å². The third-order valence-corrected chi connectivity index (χ3v) is 11.9. The van der Waals surface area contributed by atoms with Gasteiger partial charge in [0.2, 0.25) is 0 Å². The van der Waals surface area contributed by atoms with Crippen LogP contribution in [0.4, 0.5) is 0 Å². The zero-order valence-electron chi connectivity index (χ0n) is 23.2. The van der Waals surface area contributed by atoms with E-state index in [-0.39, 0.29) is 23.7 Å². The van der Waals surface area contributed by atoms with E-state index in [9.17, 15) is 19.8 Å². The Morgan fingerprint density at radius 3 is 2.06 bits per heavy atom. The highest BCUT2D eigenvalue weighted by molar-refractivity contribution is 5.75. The molecule has 0 heterocycles. The Morgan fingerprint density at radius 2 is 1.50 bits per heavy atom. The van der Waals surface area contributed by atoms with Gasteiger partial charge in [0, 0.05) is 0 Å². The highest BCUT2D eigenvalue weighted by Crippen LogP contribution is 2.73. The highest BCUT2D eigenvalue weighted by atomic mass is 16.4. The fourth-order valence-electron chi connectivity index (χ4n) is 9.78. The summed E-state index contributed by atoms with van der Waals surface area (Å²) in [6, 6.07) is 0. The van der Waals surface area contributed by atoms with Crippen molar-refractivity contribution >= 4 is 11.9 Å². The summed E-state index contributed by atoms with van der Waals surface area (Å²) in [6.45, 7) is 18.0. The van der Waals surface area contributed by atoms with Gasteiger partial charge in [0.15, 0.2) is 0 Å². The van der Waals surface area contributed by atoms with E-state index in [0.717, 1.165) is 43.4 Å². The van der Waals surface area contributed by atoms with E-state index in [4.69, 9.17) is 0 Å². The predicted molar refractivity (Wildman–Crippen MR) is 138 cm³/mol. The minimum atomic E-state index is -0.917. The molecule has 0 radical (unpaired) electrons. The quantitative estimate of drug-likeness (QED) is 0.355. The second-order valence-corrected chi connectivity index (χ2v) is 14.3. The van der Waals surface area contributed by atoms with Gasteiger partial charge < -0.3 is 10.2 Å². The molecular weight excluding hydrogens is 424 g/mol. The molecule has 34 heavy (non-hydrogen) atoms. The summed E-state index contributed by atoms with van der Waals surface area (Å²) in [5, 5.41) is 20.0. The first kappa shape index (κ1) is 27.5. The number of rotatable bonds is 9. The highest BCUT2D eigenvalue weighted by Gasteiger charge is 2.67. The number of carboxylic acid groups (broad SMARTS) is 2. The van der Waals surface area contributed by atoms with Crippen LogP contribution < -0.4 is 0 Å². The van der Waals surface area contributed by atoms with Crippen molar-refractivity contribution in [3.8, 4) is 0 Å². The minimum absolute atomic E-state index is 0.0807. The Bertz CT molecular complexity index is 772. The number of carboxylic acids is 2. The van der Waals surface area contributed by atoms with E-state index in [0.29, 0.717) is 11.3 Å². The van der Waals surface area contributed by atoms with Gasteiger partial charge in [0.05, 0.1) is 11.8 Å². The van der Waals surface area contributed by atoms with Crippen LogP contribution in [0.25, 0.3) is 0 Å². The van der Waals surface area contributed by atoms with Gasteiger partial charge in [-0.2, -0.15) is 0 Å². The summed E-state index contributed by atoms with van der Waals surface area (Å²) < 4.78 is 0. The molecule has 4 nitrogen and oxygen atoms in total. The van der Waals surface area contributed by atoms with Crippen LogP contribution in [0.15, 0.2) is 0 Å². The van der Waals surface area contributed by atoms with Crippen LogP contribution >= 0.6 is 0 Å². The molecule has 0 aromatic heterocycles. The molecule has 3 fully saturated rings. The molecule has 196 valence electrons. The molecule has 8 atom stereocenters. The average molecular weight is 477 g/mol. The molecule has 3 aliphatic carbocycles. The summed E-state index contributed by atoms with van der Waals surface area (Å²) in [5.41, 5.74) is -0.891. The number of fused-ring (bicyclic) bond motifs is 3. The molecule has 3 aliphatic rings. The van der Waals surface area contributed by atoms with Crippen molar-refractivity contribution < 1.29 is 19.8 Å². The zero-order chi connectivity index (χ0) is 25.7. The standard InChI is InChI=1S/C30H52O4/c1-19(2)10-9-11-20(3)21-14-16-30(8)23-12-13-24(27(4,5)26(33)34)28(6,18-25(31)32)22(23)15-17-29(21,30)7/h19-24H,9-18H2,1-8H3,(H,31,32)(H,33,34)/t20-,21-,22+,23+,24+,28+,29-,30+/m0/s1. The maximum absolute atomic E-state index is 12.2. The van der Waals surface area contributed by atoms with E-state index in [2.05, 4.69) is 41.5 Å². The van der Waals surface area contributed by atoms with Gasteiger partial charge in [0.25, 0.3) is 0 Å². The van der Waals surface area contributed by atoms with Crippen molar-refractivity contribution in [1.82, 2.24) is 0 Å². The van der Waals surface area contributed by atoms with Gasteiger partial charge in [-0.3, -0.25) is 9.59 Å². The SMILES string of the molecule is CC(C)CCC[C@H](C)[C@@H]1CC[C@]2(C)[C@@H]3CC[C@H](C(C)(C)C(=O)O)[C@](C)(CC(=O)O)[C@@H]3CC[C@@]12C. The third-order valence-electron chi connectivity index (χ3n) is 11.9. The first-order chi connectivity index (χ1) is 15.6. The molecule has 0 aliphatic heterocycles. The lowest BCUT2D eigenvalue weighted by atomic mass is 9.39. The first-order valence-electron chi connectivity index (χ1n) is 14.1. The Labute approximate surface area is 208 Å². The minimum Gasteiger partial charge on any atom is -0.481 e. The molecule has 4 heteroatoms. The summed E-state index contributed by atoms with van der Waals surface area (Å²) >= 11 is 0. The van der Waals surface area contributed by atoms with Crippen LogP contribution in [0, 0.1) is 57.2 Å². The summed E-state index contributed by atoms with van der Waals surface area (Å²) in [4.78, 5) is 24.4. The summed E-state index contributed by atoms with van der Waals surface area (Å²) in [5.74, 6) is 1.32. The van der Waals surface area contributed by atoms with E-state index < -0.39 is 22.8 Å². The lowest BCUT2D eigenvalue weighted by Gasteiger charge is -2.65. The summed E-state index contributed by atoms with van der Waals surface area (Å²) in [6.07, 6.45) is 10.6. The fraction of sp³-hybridized carbons (Fsp3) is 0.933. The van der Waals surface area contributed by atoms with E-state index in [1.54, 1.807) is 0 Å². The normalized spacial score (nSPS) is 41.1. The van der Waals surface area contributed by atoms with Crippen molar-refractivity contribution in [2.24, 2.45) is 57.2 Å². The molecule has 0 bridgehead atoms. The van der Waals surface area contributed by atoms with Gasteiger partial charge in [-0.15, -0.1) is 0 Å². The topological polar surface area (TPSA) is 74.6 Å². The van der Waals surface area contributed by atoms with Crippen molar-refractivity contribution in [3.63, 3.8) is 0 Å². The largest absolute Gasteiger partial charge is 0.481 e. The smallest absolute Gasteiger partial charge is 0.309 e. The number of hydrogen-bond donors (Lipinski definition) is 2. The van der Waals surface area contributed by atoms with E-state index in [1.165, 1.54) is 32.1 Å². The van der Waals surface area contributed by atoms with Crippen LogP contribution in [0.5, 0.6) is 0 Å². The molecule has 3 saturated carbocycles. The maximum atomic E-state index is 12.2. The monoisotopic (exact) mass is 476 g/mol. The molecular formula is C30H52O4. The van der Waals surface area contributed by atoms with Crippen LogP contribution in [-0.4, -0.2) is 22.2 Å². The Balaban J connectivity index is 1.91. The van der Waals surface area contributed by atoms with Crippen molar-refractivity contribution in [3.05, 3.63) is 0 Å². The molecule has 0 amide bonds. The predicted octanol–water partition coefficient (Wildman–Crippen LogP) is 7.90. The molecule has 0 aromatic rings. The Morgan fingerprint density at radius 1 is 0.882 bits per heavy atom.